The first-order chi connectivity index (χ1) is 12.1. The quantitative estimate of drug-likeness (QED) is 0.738. The van der Waals surface area contributed by atoms with Gasteiger partial charge in [0.25, 0.3) is 0 Å². The van der Waals surface area contributed by atoms with Crippen molar-refractivity contribution in [1.82, 2.24) is 10.0 Å². The largest absolute Gasteiger partial charge is 0.573 e. The van der Waals surface area contributed by atoms with Crippen molar-refractivity contribution in [3.05, 3.63) is 46.7 Å². The van der Waals surface area contributed by atoms with Gasteiger partial charge in [0.1, 0.15) is 5.75 Å². The Balaban J connectivity index is 1.92. The third kappa shape index (κ3) is 6.00. The molecular formula is C15H15F3N2O4S2. The predicted molar refractivity (Wildman–Crippen MR) is 89.2 cm³/mol. The monoisotopic (exact) mass is 408 g/mol. The van der Waals surface area contributed by atoms with E-state index in [2.05, 4.69) is 14.8 Å². The topological polar surface area (TPSA) is 84.5 Å². The average Bonchev–Trinajstić information content (AvgIpc) is 3.06. The molecule has 1 heterocycles. The van der Waals surface area contributed by atoms with Crippen molar-refractivity contribution < 1.29 is 31.1 Å². The highest BCUT2D eigenvalue weighted by Gasteiger charge is 2.31. The molecule has 1 atom stereocenters. The minimum Gasteiger partial charge on any atom is -0.406 e. The minimum atomic E-state index is -4.87. The van der Waals surface area contributed by atoms with Gasteiger partial charge in [-0.1, -0.05) is 6.07 Å². The molecule has 0 aliphatic heterocycles. The van der Waals surface area contributed by atoms with Gasteiger partial charge in [0.05, 0.1) is 17.5 Å². The zero-order chi connectivity index (χ0) is 19.4. The van der Waals surface area contributed by atoms with Crippen LogP contribution in [0.4, 0.5) is 13.2 Å². The van der Waals surface area contributed by atoms with Gasteiger partial charge in [0.2, 0.25) is 15.9 Å². The maximum Gasteiger partial charge on any atom is 0.573 e. The van der Waals surface area contributed by atoms with Crippen molar-refractivity contribution in [2.24, 2.45) is 0 Å². The maximum atomic E-state index is 12.1. The molecule has 0 aliphatic rings. The summed E-state index contributed by atoms with van der Waals surface area (Å²) in [6.45, 7) is 1.26. The zero-order valence-corrected chi connectivity index (χ0v) is 15.0. The number of amides is 1. The first-order valence-corrected chi connectivity index (χ1v) is 9.61. The van der Waals surface area contributed by atoms with E-state index in [1.165, 1.54) is 11.3 Å². The lowest BCUT2D eigenvalue weighted by atomic mass is 10.3. The molecule has 2 rings (SSSR count). The third-order valence-electron chi connectivity index (χ3n) is 3.14. The Hall–Kier alpha value is -2.11. The Morgan fingerprint density at radius 1 is 1.23 bits per heavy atom. The SMILES string of the molecule is CC(NC(=O)CNS(=O)(=O)c1ccc(OC(F)(F)F)cc1)c1cccs1. The fourth-order valence-electron chi connectivity index (χ4n) is 1.97. The van der Waals surface area contributed by atoms with Crippen LogP contribution in [0.25, 0.3) is 0 Å². The number of sulfonamides is 1. The van der Waals surface area contributed by atoms with Crippen LogP contribution < -0.4 is 14.8 Å². The molecule has 1 aromatic carbocycles. The predicted octanol–water partition coefficient (Wildman–Crippen LogP) is 2.80. The molecule has 0 radical (unpaired) electrons. The summed E-state index contributed by atoms with van der Waals surface area (Å²) >= 11 is 1.45. The lowest BCUT2D eigenvalue weighted by Gasteiger charge is -2.13. The van der Waals surface area contributed by atoms with Crippen molar-refractivity contribution in [1.29, 1.82) is 0 Å². The molecule has 0 fully saturated rings. The lowest BCUT2D eigenvalue weighted by molar-refractivity contribution is -0.274. The molecule has 0 saturated heterocycles. The molecular weight excluding hydrogens is 393 g/mol. The molecule has 1 aromatic heterocycles. The van der Waals surface area contributed by atoms with Crippen LogP contribution in [0.5, 0.6) is 5.75 Å². The second-order valence-corrected chi connectivity index (χ2v) is 7.89. The van der Waals surface area contributed by atoms with Crippen molar-refractivity contribution in [3.8, 4) is 5.75 Å². The second-order valence-electron chi connectivity index (χ2n) is 5.15. The van der Waals surface area contributed by atoms with Gasteiger partial charge in [-0.05, 0) is 42.6 Å². The van der Waals surface area contributed by atoms with Crippen LogP contribution in [0.2, 0.25) is 0 Å². The number of carbonyl (C=O) groups excluding carboxylic acids is 1. The smallest absolute Gasteiger partial charge is 0.406 e. The molecule has 6 nitrogen and oxygen atoms in total. The first kappa shape index (κ1) is 20.2. The molecule has 142 valence electrons. The van der Waals surface area contributed by atoms with Gasteiger partial charge in [0, 0.05) is 4.88 Å². The summed E-state index contributed by atoms with van der Waals surface area (Å²) in [6, 6.07) is 7.06. The van der Waals surface area contributed by atoms with Crippen LogP contribution in [-0.2, 0) is 14.8 Å². The van der Waals surface area contributed by atoms with E-state index in [1.54, 1.807) is 6.92 Å². The zero-order valence-electron chi connectivity index (χ0n) is 13.4. The van der Waals surface area contributed by atoms with Gasteiger partial charge in [-0.2, -0.15) is 0 Å². The summed E-state index contributed by atoms with van der Waals surface area (Å²) in [6.07, 6.45) is -4.87. The Morgan fingerprint density at radius 3 is 2.42 bits per heavy atom. The Bertz CT molecular complexity index is 835. The van der Waals surface area contributed by atoms with Crippen molar-refractivity contribution >= 4 is 27.3 Å². The van der Waals surface area contributed by atoms with E-state index < -0.39 is 34.6 Å². The molecule has 0 bridgehead atoms. The van der Waals surface area contributed by atoms with E-state index in [1.807, 2.05) is 17.5 Å². The number of carbonyl (C=O) groups is 1. The second kappa shape index (κ2) is 8.06. The van der Waals surface area contributed by atoms with E-state index in [9.17, 15) is 26.4 Å². The van der Waals surface area contributed by atoms with Gasteiger partial charge in [-0.15, -0.1) is 24.5 Å². The first-order valence-electron chi connectivity index (χ1n) is 7.25. The van der Waals surface area contributed by atoms with Crippen LogP contribution in [-0.4, -0.2) is 27.2 Å². The highest BCUT2D eigenvalue weighted by atomic mass is 32.2. The van der Waals surface area contributed by atoms with Gasteiger partial charge in [0.15, 0.2) is 0 Å². The standard InChI is InChI=1S/C15H15F3N2O4S2/c1-10(13-3-2-8-25-13)20-14(21)9-19-26(22,23)12-6-4-11(5-7-12)24-15(16,17)18/h2-8,10,19H,9H2,1H3,(H,20,21). The van der Waals surface area contributed by atoms with Crippen LogP contribution in [0.15, 0.2) is 46.7 Å². The van der Waals surface area contributed by atoms with Crippen LogP contribution >= 0.6 is 11.3 Å². The summed E-state index contributed by atoms with van der Waals surface area (Å²) in [5.41, 5.74) is 0. The van der Waals surface area contributed by atoms with E-state index in [-0.39, 0.29) is 10.9 Å². The maximum absolute atomic E-state index is 12.1. The number of hydrogen-bond acceptors (Lipinski definition) is 5. The molecule has 0 spiro atoms. The Labute approximate surface area is 152 Å². The summed E-state index contributed by atoms with van der Waals surface area (Å²) < 4.78 is 66.2. The highest BCUT2D eigenvalue weighted by molar-refractivity contribution is 7.89. The fourth-order valence-corrected chi connectivity index (χ4v) is 3.68. The number of hydrogen-bond donors (Lipinski definition) is 2. The fraction of sp³-hybridized carbons (Fsp3) is 0.267. The third-order valence-corrected chi connectivity index (χ3v) is 5.61. The molecule has 0 aliphatic carbocycles. The Morgan fingerprint density at radius 2 is 1.88 bits per heavy atom. The summed E-state index contributed by atoms with van der Waals surface area (Å²) in [4.78, 5) is 12.5. The Kier molecular flexibility index (Phi) is 6.26. The van der Waals surface area contributed by atoms with E-state index in [0.29, 0.717) is 0 Å². The molecule has 11 heteroatoms. The van der Waals surface area contributed by atoms with Gasteiger partial charge in [-0.25, -0.2) is 13.1 Å². The van der Waals surface area contributed by atoms with Crippen LogP contribution in [0, 0.1) is 0 Å². The number of ether oxygens (including phenoxy) is 1. The number of benzene rings is 1. The molecule has 1 amide bonds. The highest BCUT2D eigenvalue weighted by Crippen LogP contribution is 2.23. The van der Waals surface area contributed by atoms with Crippen molar-refractivity contribution in [3.63, 3.8) is 0 Å². The molecule has 26 heavy (non-hydrogen) atoms. The summed E-state index contributed by atoms with van der Waals surface area (Å²) in [5, 5.41) is 4.49. The summed E-state index contributed by atoms with van der Waals surface area (Å²) in [5.74, 6) is -1.08. The molecule has 2 aromatic rings. The summed E-state index contributed by atoms with van der Waals surface area (Å²) in [7, 11) is -4.05. The molecule has 0 saturated carbocycles. The number of alkyl halides is 3. The molecule has 2 N–H and O–H groups in total. The average molecular weight is 408 g/mol. The molecule has 1 unspecified atom stereocenters. The van der Waals surface area contributed by atoms with E-state index in [4.69, 9.17) is 0 Å². The lowest BCUT2D eigenvalue weighted by Crippen LogP contribution is -2.37. The number of thiophene rings is 1. The minimum absolute atomic E-state index is 0.272. The number of nitrogens with one attached hydrogen (secondary N) is 2. The van der Waals surface area contributed by atoms with Crippen LogP contribution in [0.3, 0.4) is 0 Å². The van der Waals surface area contributed by atoms with Gasteiger partial charge >= 0.3 is 6.36 Å². The number of halogens is 3. The number of rotatable bonds is 7. The van der Waals surface area contributed by atoms with Crippen LogP contribution in [0.1, 0.15) is 17.8 Å². The van der Waals surface area contributed by atoms with Crippen molar-refractivity contribution in [2.45, 2.75) is 24.2 Å². The normalized spacial score (nSPS) is 13.2. The van der Waals surface area contributed by atoms with E-state index in [0.717, 1.165) is 29.1 Å². The van der Waals surface area contributed by atoms with Crippen molar-refractivity contribution in [2.75, 3.05) is 6.54 Å². The van der Waals surface area contributed by atoms with Gasteiger partial charge in [-0.3, -0.25) is 4.79 Å². The van der Waals surface area contributed by atoms with Gasteiger partial charge < -0.3 is 10.1 Å². The van der Waals surface area contributed by atoms with E-state index >= 15 is 0 Å².